The summed E-state index contributed by atoms with van der Waals surface area (Å²) >= 11 is 6.25. The molecule has 3 nitrogen and oxygen atoms in total. The van der Waals surface area contributed by atoms with Gasteiger partial charge in [-0.25, -0.2) is 0 Å². The lowest BCUT2D eigenvalue weighted by Gasteiger charge is -2.25. The fraction of sp³-hybridized carbons (Fsp3) is 0.917. The maximum absolute atomic E-state index is 12.2. The maximum atomic E-state index is 12.2. The third-order valence-electron chi connectivity index (χ3n) is 3.53. The van der Waals surface area contributed by atoms with Crippen molar-refractivity contribution in [3.8, 4) is 0 Å². The molecule has 0 aromatic carbocycles. The molecule has 2 fully saturated rings. The Balaban J connectivity index is 1.88. The van der Waals surface area contributed by atoms with Crippen molar-refractivity contribution in [2.45, 2.75) is 37.5 Å². The van der Waals surface area contributed by atoms with Gasteiger partial charge in [0.2, 0.25) is 5.91 Å². The Morgan fingerprint density at radius 3 is 2.50 bits per heavy atom. The van der Waals surface area contributed by atoms with Crippen molar-refractivity contribution in [2.75, 3.05) is 26.3 Å². The molecule has 0 saturated carbocycles. The predicted molar refractivity (Wildman–Crippen MR) is 63.6 cm³/mol. The minimum atomic E-state index is -0.374. The van der Waals surface area contributed by atoms with E-state index in [0.29, 0.717) is 6.61 Å². The number of halogens is 1. The average molecular weight is 246 g/mol. The summed E-state index contributed by atoms with van der Waals surface area (Å²) in [5, 5.41) is -0.374. The molecule has 0 spiro atoms. The number of carbonyl (C=O) groups is 1. The molecule has 0 aromatic heterocycles. The van der Waals surface area contributed by atoms with Crippen molar-refractivity contribution in [1.82, 2.24) is 4.90 Å². The average Bonchev–Trinajstić information content (AvgIpc) is 2.70. The first-order valence-corrected chi connectivity index (χ1v) is 6.73. The molecule has 2 aliphatic rings. The fourth-order valence-corrected chi connectivity index (χ4v) is 2.79. The Morgan fingerprint density at radius 2 is 1.94 bits per heavy atom. The maximum Gasteiger partial charge on any atom is 0.241 e. The summed E-state index contributed by atoms with van der Waals surface area (Å²) < 4.78 is 5.29. The molecule has 2 unspecified atom stereocenters. The van der Waals surface area contributed by atoms with Crippen molar-refractivity contribution in [3.63, 3.8) is 0 Å². The number of nitrogens with zero attached hydrogens (tertiary/aromatic N) is 1. The highest BCUT2D eigenvalue weighted by Gasteiger charge is 2.32. The Morgan fingerprint density at radius 1 is 1.25 bits per heavy atom. The summed E-state index contributed by atoms with van der Waals surface area (Å²) in [4.78, 5) is 14.1. The summed E-state index contributed by atoms with van der Waals surface area (Å²) in [6.07, 6.45) is 5.65. The zero-order chi connectivity index (χ0) is 11.4. The quantitative estimate of drug-likeness (QED) is 0.697. The van der Waals surface area contributed by atoms with Crippen molar-refractivity contribution >= 4 is 17.5 Å². The molecular weight excluding hydrogens is 226 g/mol. The molecule has 0 bridgehead atoms. The Hall–Kier alpha value is -0.280. The standard InChI is InChI=1S/C12H20ClNO2/c13-11(10-5-8-16-9-10)12(15)14-6-3-1-2-4-7-14/h10-11H,1-9H2. The van der Waals surface area contributed by atoms with E-state index in [1.807, 2.05) is 4.90 Å². The van der Waals surface area contributed by atoms with Gasteiger partial charge in [-0.05, 0) is 19.3 Å². The van der Waals surface area contributed by atoms with Crippen LogP contribution >= 0.6 is 11.6 Å². The number of likely N-dealkylation sites (tertiary alicyclic amines) is 1. The normalized spacial score (nSPS) is 28.8. The van der Waals surface area contributed by atoms with E-state index in [9.17, 15) is 4.79 Å². The second-order valence-corrected chi connectivity index (χ2v) is 5.24. The molecule has 2 atom stereocenters. The third-order valence-corrected chi connectivity index (χ3v) is 4.08. The molecule has 0 aliphatic carbocycles. The Kier molecular flexibility index (Phi) is 4.47. The van der Waals surface area contributed by atoms with Crippen LogP contribution in [0.4, 0.5) is 0 Å². The van der Waals surface area contributed by atoms with Gasteiger partial charge in [-0.1, -0.05) is 12.8 Å². The van der Waals surface area contributed by atoms with Crippen LogP contribution in [0.15, 0.2) is 0 Å². The minimum absolute atomic E-state index is 0.124. The van der Waals surface area contributed by atoms with E-state index in [2.05, 4.69) is 0 Å². The smallest absolute Gasteiger partial charge is 0.241 e. The van der Waals surface area contributed by atoms with Crippen LogP contribution in [0.1, 0.15) is 32.1 Å². The predicted octanol–water partition coefficient (Wildman–Crippen LogP) is 2.03. The first-order chi connectivity index (χ1) is 7.79. The van der Waals surface area contributed by atoms with Gasteiger partial charge in [0.1, 0.15) is 5.38 Å². The first kappa shape index (κ1) is 12.2. The van der Waals surface area contributed by atoms with E-state index in [1.54, 1.807) is 0 Å². The number of amides is 1. The van der Waals surface area contributed by atoms with Crippen LogP contribution in [0.2, 0.25) is 0 Å². The minimum Gasteiger partial charge on any atom is -0.381 e. The van der Waals surface area contributed by atoms with Gasteiger partial charge in [0.15, 0.2) is 0 Å². The van der Waals surface area contributed by atoms with Gasteiger partial charge in [0.05, 0.1) is 6.61 Å². The van der Waals surface area contributed by atoms with Crippen LogP contribution in [0.25, 0.3) is 0 Å². The molecule has 16 heavy (non-hydrogen) atoms. The van der Waals surface area contributed by atoms with Gasteiger partial charge in [-0.2, -0.15) is 0 Å². The molecular formula is C12H20ClNO2. The lowest BCUT2D eigenvalue weighted by Crippen LogP contribution is -2.40. The number of hydrogen-bond donors (Lipinski definition) is 0. The number of ether oxygens (including phenoxy) is 1. The van der Waals surface area contributed by atoms with Gasteiger partial charge >= 0.3 is 0 Å². The summed E-state index contributed by atoms with van der Waals surface area (Å²) in [7, 11) is 0. The molecule has 0 aromatic rings. The van der Waals surface area contributed by atoms with Crippen molar-refractivity contribution < 1.29 is 9.53 Å². The zero-order valence-corrected chi connectivity index (χ0v) is 10.4. The zero-order valence-electron chi connectivity index (χ0n) is 9.66. The van der Waals surface area contributed by atoms with Gasteiger partial charge in [0, 0.05) is 25.6 Å². The Labute approximate surface area is 102 Å². The monoisotopic (exact) mass is 245 g/mol. The second-order valence-electron chi connectivity index (χ2n) is 4.76. The van der Waals surface area contributed by atoms with E-state index in [0.717, 1.165) is 39.0 Å². The molecule has 1 amide bonds. The van der Waals surface area contributed by atoms with Crippen LogP contribution in [0.5, 0.6) is 0 Å². The van der Waals surface area contributed by atoms with Crippen molar-refractivity contribution in [2.24, 2.45) is 5.92 Å². The topological polar surface area (TPSA) is 29.5 Å². The molecule has 0 N–H and O–H groups in total. The molecule has 2 heterocycles. The Bertz CT molecular complexity index is 229. The van der Waals surface area contributed by atoms with Crippen molar-refractivity contribution in [3.05, 3.63) is 0 Å². The van der Waals surface area contributed by atoms with E-state index in [1.165, 1.54) is 12.8 Å². The van der Waals surface area contributed by atoms with Crippen LogP contribution in [-0.2, 0) is 9.53 Å². The molecule has 2 saturated heterocycles. The second kappa shape index (κ2) is 5.87. The van der Waals surface area contributed by atoms with E-state index in [-0.39, 0.29) is 17.2 Å². The largest absolute Gasteiger partial charge is 0.381 e. The molecule has 92 valence electrons. The van der Waals surface area contributed by atoms with E-state index < -0.39 is 0 Å². The fourth-order valence-electron chi connectivity index (χ4n) is 2.45. The van der Waals surface area contributed by atoms with Gasteiger partial charge in [0.25, 0.3) is 0 Å². The van der Waals surface area contributed by atoms with Gasteiger partial charge < -0.3 is 9.64 Å². The summed E-state index contributed by atoms with van der Waals surface area (Å²) in [5.74, 6) is 0.344. The van der Waals surface area contributed by atoms with Crippen LogP contribution in [0.3, 0.4) is 0 Å². The summed E-state index contributed by atoms with van der Waals surface area (Å²) in [6.45, 7) is 3.17. The highest BCUT2D eigenvalue weighted by Crippen LogP contribution is 2.23. The molecule has 2 rings (SSSR count). The summed E-state index contributed by atoms with van der Waals surface area (Å²) in [5.41, 5.74) is 0. The third kappa shape index (κ3) is 2.89. The number of alkyl halides is 1. The SMILES string of the molecule is O=C(C(Cl)C1CCOC1)N1CCCCCC1. The first-order valence-electron chi connectivity index (χ1n) is 6.29. The van der Waals surface area contributed by atoms with Gasteiger partial charge in [-0.15, -0.1) is 11.6 Å². The van der Waals surface area contributed by atoms with E-state index in [4.69, 9.17) is 16.3 Å². The van der Waals surface area contributed by atoms with E-state index >= 15 is 0 Å². The van der Waals surface area contributed by atoms with Crippen LogP contribution < -0.4 is 0 Å². The van der Waals surface area contributed by atoms with Crippen molar-refractivity contribution in [1.29, 1.82) is 0 Å². The number of carbonyl (C=O) groups excluding carboxylic acids is 1. The summed E-state index contributed by atoms with van der Waals surface area (Å²) in [6, 6.07) is 0. The number of hydrogen-bond acceptors (Lipinski definition) is 2. The lowest BCUT2D eigenvalue weighted by atomic mass is 10.0. The lowest BCUT2D eigenvalue weighted by molar-refractivity contribution is -0.131. The van der Waals surface area contributed by atoms with Gasteiger partial charge in [-0.3, -0.25) is 4.79 Å². The molecule has 0 radical (unpaired) electrons. The number of rotatable bonds is 2. The molecule has 4 heteroatoms. The highest BCUT2D eigenvalue weighted by molar-refractivity contribution is 6.31. The van der Waals surface area contributed by atoms with Crippen LogP contribution in [-0.4, -0.2) is 42.5 Å². The molecule has 2 aliphatic heterocycles. The highest BCUT2D eigenvalue weighted by atomic mass is 35.5. The van der Waals surface area contributed by atoms with Crippen LogP contribution in [0, 0.1) is 5.92 Å².